The number of carboxylic acids is 2. The highest BCUT2D eigenvalue weighted by Crippen LogP contribution is 2.19. The quantitative estimate of drug-likeness (QED) is 0.507. The molecule has 0 aliphatic heterocycles. The Morgan fingerprint density at radius 2 is 2.00 bits per heavy atom. The van der Waals surface area contributed by atoms with Gasteiger partial charge in [-0.1, -0.05) is 11.6 Å². The van der Waals surface area contributed by atoms with Crippen molar-refractivity contribution in [3.05, 3.63) is 11.6 Å². The molecule has 1 rings (SSSR count). The summed E-state index contributed by atoms with van der Waals surface area (Å²) in [7, 11) is 0. The van der Waals surface area contributed by atoms with Crippen molar-refractivity contribution in [2.45, 2.75) is 51.0 Å². The van der Waals surface area contributed by atoms with E-state index in [1.54, 1.807) is 0 Å². The number of urea groups is 1. The Morgan fingerprint density at radius 3 is 2.57 bits per heavy atom. The van der Waals surface area contributed by atoms with E-state index in [1.165, 1.54) is 18.4 Å². The molecule has 0 saturated heterocycles. The Labute approximate surface area is 123 Å². The van der Waals surface area contributed by atoms with Gasteiger partial charge in [0, 0.05) is 13.0 Å². The number of amides is 2. The van der Waals surface area contributed by atoms with Crippen molar-refractivity contribution in [2.24, 2.45) is 0 Å². The topological polar surface area (TPSA) is 116 Å². The van der Waals surface area contributed by atoms with E-state index >= 15 is 0 Å². The predicted octanol–water partition coefficient (Wildman–Crippen LogP) is 1.49. The van der Waals surface area contributed by atoms with E-state index in [9.17, 15) is 14.4 Å². The van der Waals surface area contributed by atoms with E-state index in [-0.39, 0.29) is 12.8 Å². The maximum absolute atomic E-state index is 11.6. The van der Waals surface area contributed by atoms with Crippen molar-refractivity contribution in [3.63, 3.8) is 0 Å². The summed E-state index contributed by atoms with van der Waals surface area (Å²) in [5, 5.41) is 22.3. The van der Waals surface area contributed by atoms with E-state index in [0.717, 1.165) is 19.3 Å². The summed E-state index contributed by atoms with van der Waals surface area (Å²) in [5.41, 5.74) is 1.32. The molecule has 0 unspecified atom stereocenters. The highest BCUT2D eigenvalue weighted by atomic mass is 16.4. The van der Waals surface area contributed by atoms with Crippen molar-refractivity contribution < 1.29 is 24.6 Å². The van der Waals surface area contributed by atoms with Crippen LogP contribution in [0.25, 0.3) is 0 Å². The van der Waals surface area contributed by atoms with Crippen LogP contribution in [0.5, 0.6) is 0 Å². The molecule has 0 aromatic heterocycles. The first kappa shape index (κ1) is 17.0. The van der Waals surface area contributed by atoms with Gasteiger partial charge in [-0.2, -0.15) is 0 Å². The maximum Gasteiger partial charge on any atom is 0.326 e. The molecule has 7 nitrogen and oxygen atoms in total. The fourth-order valence-corrected chi connectivity index (χ4v) is 2.20. The van der Waals surface area contributed by atoms with Crippen molar-refractivity contribution >= 4 is 18.0 Å². The number of hydrogen-bond acceptors (Lipinski definition) is 3. The molecule has 0 bridgehead atoms. The van der Waals surface area contributed by atoms with Gasteiger partial charge in [0.2, 0.25) is 0 Å². The lowest BCUT2D eigenvalue weighted by Gasteiger charge is -2.16. The molecular formula is C14H22N2O5. The zero-order valence-corrected chi connectivity index (χ0v) is 11.9. The Kier molecular flexibility index (Phi) is 7.28. The first-order valence-corrected chi connectivity index (χ1v) is 7.16. The lowest BCUT2D eigenvalue weighted by molar-refractivity contribution is -0.140. The molecule has 0 aromatic rings. The zero-order chi connectivity index (χ0) is 15.7. The second-order valence-corrected chi connectivity index (χ2v) is 5.08. The number of aliphatic carboxylic acids is 2. The smallest absolute Gasteiger partial charge is 0.326 e. The summed E-state index contributed by atoms with van der Waals surface area (Å²) in [6.45, 7) is 0.447. The molecule has 0 heterocycles. The SMILES string of the molecule is O=C(O)CC[C@H](NC(=O)NCCC1=CCCCC1)C(=O)O. The van der Waals surface area contributed by atoms with E-state index < -0.39 is 24.0 Å². The summed E-state index contributed by atoms with van der Waals surface area (Å²) in [4.78, 5) is 32.9. The molecule has 0 saturated carbocycles. The summed E-state index contributed by atoms with van der Waals surface area (Å²) in [5.74, 6) is -2.32. The van der Waals surface area contributed by atoms with Crippen molar-refractivity contribution in [3.8, 4) is 0 Å². The van der Waals surface area contributed by atoms with Crippen LogP contribution in [0.4, 0.5) is 4.79 Å². The van der Waals surface area contributed by atoms with Crippen LogP contribution in [-0.2, 0) is 9.59 Å². The Balaban J connectivity index is 2.27. The summed E-state index contributed by atoms with van der Waals surface area (Å²) < 4.78 is 0. The molecule has 21 heavy (non-hydrogen) atoms. The zero-order valence-electron chi connectivity index (χ0n) is 11.9. The van der Waals surface area contributed by atoms with Gasteiger partial charge in [-0.3, -0.25) is 4.79 Å². The fourth-order valence-electron chi connectivity index (χ4n) is 2.20. The monoisotopic (exact) mass is 298 g/mol. The first-order valence-electron chi connectivity index (χ1n) is 7.16. The van der Waals surface area contributed by atoms with E-state index in [1.807, 2.05) is 0 Å². The van der Waals surface area contributed by atoms with Crippen LogP contribution >= 0.6 is 0 Å². The normalized spacial score (nSPS) is 15.7. The van der Waals surface area contributed by atoms with E-state index in [0.29, 0.717) is 6.54 Å². The number of rotatable bonds is 8. The van der Waals surface area contributed by atoms with Gasteiger partial charge in [0.05, 0.1) is 0 Å². The molecule has 0 spiro atoms. The minimum absolute atomic E-state index is 0.136. The Morgan fingerprint density at radius 1 is 1.24 bits per heavy atom. The Hall–Kier alpha value is -2.05. The molecule has 0 aromatic carbocycles. The average Bonchev–Trinajstić information content (AvgIpc) is 2.44. The molecule has 2 amide bonds. The first-order chi connectivity index (χ1) is 9.99. The van der Waals surface area contributed by atoms with Gasteiger partial charge in [0.15, 0.2) is 0 Å². The maximum atomic E-state index is 11.6. The molecule has 1 atom stereocenters. The molecule has 118 valence electrons. The van der Waals surface area contributed by atoms with Crippen LogP contribution in [0, 0.1) is 0 Å². The lowest BCUT2D eigenvalue weighted by atomic mass is 9.97. The molecule has 1 aliphatic rings. The second kappa shape index (κ2) is 8.99. The highest BCUT2D eigenvalue weighted by molar-refractivity contribution is 5.82. The standard InChI is InChI=1S/C14H22N2O5/c17-12(18)7-6-11(13(19)20)16-14(21)15-9-8-10-4-2-1-3-5-10/h4,11H,1-3,5-9H2,(H,17,18)(H,19,20)(H2,15,16,21)/t11-/m0/s1. The van der Waals surface area contributed by atoms with Gasteiger partial charge in [0.1, 0.15) is 6.04 Å². The van der Waals surface area contributed by atoms with E-state index in [2.05, 4.69) is 16.7 Å². The molecule has 0 radical (unpaired) electrons. The van der Waals surface area contributed by atoms with Crippen molar-refractivity contribution in [2.75, 3.05) is 6.54 Å². The predicted molar refractivity (Wildman–Crippen MR) is 76.0 cm³/mol. The largest absolute Gasteiger partial charge is 0.481 e. The number of allylic oxidation sites excluding steroid dienone is 1. The minimum Gasteiger partial charge on any atom is -0.481 e. The molecule has 1 aliphatic carbocycles. The Bertz CT molecular complexity index is 420. The summed E-state index contributed by atoms with van der Waals surface area (Å²) in [6, 6.07) is -1.76. The van der Waals surface area contributed by atoms with Crippen LogP contribution in [-0.4, -0.2) is 40.8 Å². The minimum atomic E-state index is -1.23. The van der Waals surface area contributed by atoms with E-state index in [4.69, 9.17) is 10.2 Å². The van der Waals surface area contributed by atoms with Crippen molar-refractivity contribution in [1.82, 2.24) is 10.6 Å². The summed E-state index contributed by atoms with van der Waals surface area (Å²) >= 11 is 0. The van der Waals surface area contributed by atoms with Gasteiger partial charge in [-0.15, -0.1) is 0 Å². The van der Waals surface area contributed by atoms with Crippen LogP contribution in [0.1, 0.15) is 44.9 Å². The van der Waals surface area contributed by atoms with Gasteiger partial charge in [-0.05, 0) is 38.5 Å². The number of nitrogens with one attached hydrogen (secondary N) is 2. The van der Waals surface area contributed by atoms with Crippen LogP contribution < -0.4 is 10.6 Å². The molecule has 7 heteroatoms. The second-order valence-electron chi connectivity index (χ2n) is 5.08. The van der Waals surface area contributed by atoms with Gasteiger partial charge < -0.3 is 20.8 Å². The van der Waals surface area contributed by atoms with Gasteiger partial charge >= 0.3 is 18.0 Å². The van der Waals surface area contributed by atoms with Crippen LogP contribution in [0.15, 0.2) is 11.6 Å². The number of carboxylic acid groups (broad SMARTS) is 2. The van der Waals surface area contributed by atoms with Crippen molar-refractivity contribution in [1.29, 1.82) is 0 Å². The number of carbonyl (C=O) groups is 3. The third kappa shape index (κ3) is 7.34. The summed E-state index contributed by atoms with van der Waals surface area (Å²) in [6.07, 6.45) is 7.04. The van der Waals surface area contributed by atoms with Gasteiger partial charge in [-0.25, -0.2) is 9.59 Å². The molecule has 4 N–H and O–H groups in total. The number of carbonyl (C=O) groups excluding carboxylic acids is 1. The molecular weight excluding hydrogens is 276 g/mol. The third-order valence-corrected chi connectivity index (χ3v) is 3.37. The van der Waals surface area contributed by atoms with Crippen LogP contribution in [0.2, 0.25) is 0 Å². The third-order valence-electron chi connectivity index (χ3n) is 3.37. The average molecular weight is 298 g/mol. The lowest BCUT2D eigenvalue weighted by Crippen LogP contribution is -2.46. The molecule has 0 fully saturated rings. The van der Waals surface area contributed by atoms with Crippen LogP contribution in [0.3, 0.4) is 0 Å². The van der Waals surface area contributed by atoms with Gasteiger partial charge in [0.25, 0.3) is 0 Å². The highest BCUT2D eigenvalue weighted by Gasteiger charge is 2.20. The fraction of sp³-hybridized carbons (Fsp3) is 0.643. The number of hydrogen-bond donors (Lipinski definition) is 4.